The lowest BCUT2D eigenvalue weighted by atomic mass is 10.2. The number of benzene rings is 1. The third-order valence-electron chi connectivity index (χ3n) is 3.07. The van der Waals surface area contributed by atoms with Gasteiger partial charge in [-0.3, -0.25) is 4.79 Å². The summed E-state index contributed by atoms with van der Waals surface area (Å²) >= 11 is 3.38. The van der Waals surface area contributed by atoms with Gasteiger partial charge >= 0.3 is 0 Å². The van der Waals surface area contributed by atoms with E-state index in [2.05, 4.69) is 21.2 Å². The van der Waals surface area contributed by atoms with Crippen molar-refractivity contribution in [2.24, 2.45) is 0 Å². The maximum Gasteiger partial charge on any atom is 0.272 e. The number of methoxy groups -OCH3 is 1. The summed E-state index contributed by atoms with van der Waals surface area (Å²) in [7, 11) is 1.56. The summed E-state index contributed by atoms with van der Waals surface area (Å²) in [5.41, 5.74) is 7.48. The summed E-state index contributed by atoms with van der Waals surface area (Å²) in [5.74, 6) is 0.374. The number of anilines is 2. The molecule has 0 unspecified atom stereocenters. The highest BCUT2D eigenvalue weighted by Gasteiger charge is 2.16. The molecular weight excluding hydrogens is 334 g/mol. The minimum atomic E-state index is -0.225. The van der Waals surface area contributed by atoms with E-state index in [1.165, 1.54) is 0 Å². The zero-order valence-corrected chi connectivity index (χ0v) is 13.8. The second-order valence-corrected chi connectivity index (χ2v) is 5.87. The summed E-state index contributed by atoms with van der Waals surface area (Å²) < 4.78 is 7.95. The molecule has 0 aliphatic rings. The van der Waals surface area contributed by atoms with Crippen molar-refractivity contribution in [2.45, 2.75) is 19.9 Å². The van der Waals surface area contributed by atoms with E-state index in [0.717, 1.165) is 4.47 Å². The van der Waals surface area contributed by atoms with E-state index in [9.17, 15) is 4.79 Å². The second kappa shape index (κ2) is 6.22. The maximum atomic E-state index is 12.5. The van der Waals surface area contributed by atoms with Crippen molar-refractivity contribution in [1.82, 2.24) is 4.57 Å². The molecule has 2 aromatic rings. The molecule has 1 heterocycles. The fraction of sp³-hybridized carbons (Fsp3) is 0.267. The first-order valence-electron chi connectivity index (χ1n) is 6.54. The fourth-order valence-corrected chi connectivity index (χ4v) is 2.44. The number of halogens is 1. The molecule has 1 amide bonds. The van der Waals surface area contributed by atoms with Crippen LogP contribution in [-0.4, -0.2) is 17.6 Å². The first kappa shape index (κ1) is 15.4. The van der Waals surface area contributed by atoms with Crippen molar-refractivity contribution in [3.8, 4) is 5.75 Å². The number of aromatic nitrogens is 1. The quantitative estimate of drug-likeness (QED) is 0.882. The van der Waals surface area contributed by atoms with E-state index in [-0.39, 0.29) is 11.9 Å². The third-order valence-corrected chi connectivity index (χ3v) is 3.56. The first-order valence-corrected chi connectivity index (χ1v) is 7.34. The van der Waals surface area contributed by atoms with Gasteiger partial charge in [-0.1, -0.05) is 15.9 Å². The number of nitrogens with one attached hydrogen (secondary N) is 1. The lowest BCUT2D eigenvalue weighted by Crippen LogP contribution is -2.18. The van der Waals surface area contributed by atoms with Crippen LogP contribution in [0.25, 0.3) is 0 Å². The number of hydrogen-bond donors (Lipinski definition) is 2. The molecule has 112 valence electrons. The van der Waals surface area contributed by atoms with E-state index in [4.69, 9.17) is 10.5 Å². The Bertz CT molecular complexity index is 665. The molecular formula is C15H18BrN3O2. The predicted molar refractivity (Wildman–Crippen MR) is 87.9 cm³/mol. The number of hydrogen-bond acceptors (Lipinski definition) is 3. The van der Waals surface area contributed by atoms with E-state index in [0.29, 0.717) is 22.8 Å². The molecule has 3 N–H and O–H groups in total. The van der Waals surface area contributed by atoms with E-state index < -0.39 is 0 Å². The summed E-state index contributed by atoms with van der Waals surface area (Å²) in [6, 6.07) is 7.24. The fourth-order valence-electron chi connectivity index (χ4n) is 2.07. The van der Waals surface area contributed by atoms with Crippen LogP contribution in [0.2, 0.25) is 0 Å². The van der Waals surface area contributed by atoms with Crippen molar-refractivity contribution < 1.29 is 9.53 Å². The third kappa shape index (κ3) is 3.39. The zero-order chi connectivity index (χ0) is 15.6. The molecule has 6 heteroatoms. The largest absolute Gasteiger partial charge is 0.495 e. The van der Waals surface area contributed by atoms with Gasteiger partial charge in [0.1, 0.15) is 11.4 Å². The predicted octanol–water partition coefficient (Wildman–Crippen LogP) is 3.67. The average molecular weight is 352 g/mol. The molecule has 0 spiro atoms. The van der Waals surface area contributed by atoms with Crippen molar-refractivity contribution in [1.29, 1.82) is 0 Å². The molecule has 0 saturated carbocycles. The SMILES string of the molecule is COc1ccc(Br)cc1NC(=O)c1cc(N)cn1C(C)C. The molecule has 0 atom stereocenters. The molecule has 1 aromatic carbocycles. The van der Waals surface area contributed by atoms with Crippen LogP contribution < -0.4 is 15.8 Å². The first-order chi connectivity index (χ1) is 9.92. The van der Waals surface area contributed by atoms with Crippen molar-refractivity contribution >= 4 is 33.2 Å². The highest BCUT2D eigenvalue weighted by Crippen LogP contribution is 2.28. The van der Waals surface area contributed by atoms with Crippen LogP contribution in [0.5, 0.6) is 5.75 Å². The van der Waals surface area contributed by atoms with Crippen LogP contribution in [0.4, 0.5) is 11.4 Å². The Morgan fingerprint density at radius 3 is 2.71 bits per heavy atom. The maximum absolute atomic E-state index is 12.5. The Balaban J connectivity index is 2.32. The van der Waals surface area contributed by atoms with E-state index in [1.54, 1.807) is 31.5 Å². The topological polar surface area (TPSA) is 69.3 Å². The summed E-state index contributed by atoms with van der Waals surface area (Å²) in [5, 5.41) is 2.86. The molecule has 0 aliphatic carbocycles. The Morgan fingerprint density at radius 2 is 2.10 bits per heavy atom. The number of carbonyl (C=O) groups excluding carboxylic acids is 1. The molecule has 21 heavy (non-hydrogen) atoms. The molecule has 1 aromatic heterocycles. The molecule has 0 bridgehead atoms. The Labute approximate surface area is 132 Å². The molecule has 2 rings (SSSR count). The number of nitrogens with zero attached hydrogens (tertiary/aromatic N) is 1. The highest BCUT2D eigenvalue weighted by molar-refractivity contribution is 9.10. The number of amides is 1. The van der Waals surface area contributed by atoms with Gasteiger partial charge < -0.3 is 20.4 Å². The van der Waals surface area contributed by atoms with Crippen LogP contribution in [0.3, 0.4) is 0 Å². The van der Waals surface area contributed by atoms with E-state index in [1.807, 2.05) is 24.5 Å². The highest BCUT2D eigenvalue weighted by atomic mass is 79.9. The van der Waals surface area contributed by atoms with Gasteiger partial charge in [-0.05, 0) is 38.1 Å². The number of nitrogen functional groups attached to an aromatic ring is 1. The number of carbonyl (C=O) groups is 1. The lowest BCUT2D eigenvalue weighted by Gasteiger charge is -2.14. The number of rotatable bonds is 4. The summed E-state index contributed by atoms with van der Waals surface area (Å²) in [6.07, 6.45) is 1.76. The van der Waals surface area contributed by atoms with Gasteiger partial charge in [0, 0.05) is 16.7 Å². The minimum Gasteiger partial charge on any atom is -0.495 e. The van der Waals surface area contributed by atoms with Crippen LogP contribution in [0.15, 0.2) is 34.9 Å². The normalized spacial score (nSPS) is 10.7. The van der Waals surface area contributed by atoms with Gasteiger partial charge in [0.25, 0.3) is 5.91 Å². The Hall–Kier alpha value is -1.95. The van der Waals surface area contributed by atoms with Crippen LogP contribution in [0, 0.1) is 0 Å². The Kier molecular flexibility index (Phi) is 4.57. The number of ether oxygens (including phenoxy) is 1. The van der Waals surface area contributed by atoms with Gasteiger partial charge in [-0.25, -0.2) is 0 Å². The lowest BCUT2D eigenvalue weighted by molar-refractivity contribution is 0.101. The smallest absolute Gasteiger partial charge is 0.272 e. The van der Waals surface area contributed by atoms with Crippen molar-refractivity contribution in [3.63, 3.8) is 0 Å². The molecule has 0 saturated heterocycles. The zero-order valence-electron chi connectivity index (χ0n) is 12.2. The van der Waals surface area contributed by atoms with Crippen molar-refractivity contribution in [3.05, 3.63) is 40.6 Å². The molecule has 5 nitrogen and oxygen atoms in total. The monoisotopic (exact) mass is 351 g/mol. The van der Waals surface area contributed by atoms with Crippen LogP contribution >= 0.6 is 15.9 Å². The average Bonchev–Trinajstić information content (AvgIpc) is 2.81. The van der Waals surface area contributed by atoms with Gasteiger partial charge in [0.05, 0.1) is 18.5 Å². The molecule has 0 aliphatic heterocycles. The van der Waals surface area contributed by atoms with Gasteiger partial charge in [-0.15, -0.1) is 0 Å². The van der Waals surface area contributed by atoms with Crippen molar-refractivity contribution in [2.75, 3.05) is 18.2 Å². The van der Waals surface area contributed by atoms with E-state index >= 15 is 0 Å². The van der Waals surface area contributed by atoms with Crippen LogP contribution in [-0.2, 0) is 0 Å². The molecule has 0 fully saturated rings. The molecule has 0 radical (unpaired) electrons. The van der Waals surface area contributed by atoms with Gasteiger partial charge in [-0.2, -0.15) is 0 Å². The van der Waals surface area contributed by atoms with Gasteiger partial charge in [0.2, 0.25) is 0 Å². The second-order valence-electron chi connectivity index (χ2n) is 4.96. The minimum absolute atomic E-state index is 0.146. The Morgan fingerprint density at radius 1 is 1.38 bits per heavy atom. The number of nitrogens with two attached hydrogens (primary N) is 1. The van der Waals surface area contributed by atoms with Crippen LogP contribution in [0.1, 0.15) is 30.4 Å². The van der Waals surface area contributed by atoms with Gasteiger partial charge in [0.15, 0.2) is 0 Å². The standard InChI is InChI=1S/C15H18BrN3O2/c1-9(2)19-8-11(17)7-13(19)15(20)18-12-6-10(16)4-5-14(12)21-3/h4-9H,17H2,1-3H3,(H,18,20). The summed E-state index contributed by atoms with van der Waals surface area (Å²) in [4.78, 5) is 12.5. The summed E-state index contributed by atoms with van der Waals surface area (Å²) in [6.45, 7) is 3.99.